The minimum absolute atomic E-state index is 0.0534. The molecule has 2 aliphatic rings. The van der Waals surface area contributed by atoms with Crippen LogP contribution in [0.5, 0.6) is 0 Å². The molecule has 2 saturated carbocycles. The van der Waals surface area contributed by atoms with E-state index in [-0.39, 0.29) is 10.9 Å². The highest BCUT2D eigenvalue weighted by Gasteiger charge is 2.29. The van der Waals surface area contributed by atoms with E-state index in [1.54, 1.807) is 11.1 Å². The molecule has 0 aromatic heterocycles. The summed E-state index contributed by atoms with van der Waals surface area (Å²) < 4.78 is 0. The minimum atomic E-state index is -0.0534. The van der Waals surface area contributed by atoms with Gasteiger partial charge in [0.25, 0.3) is 0 Å². The zero-order valence-electron chi connectivity index (χ0n) is 21.5. The Bertz CT molecular complexity index is 923. The molecule has 0 saturated heterocycles. The van der Waals surface area contributed by atoms with E-state index in [1.165, 1.54) is 105 Å². The molecule has 0 heterocycles. The van der Waals surface area contributed by atoms with Gasteiger partial charge in [0, 0.05) is 0 Å². The Labute approximate surface area is 216 Å². The second-order valence-corrected chi connectivity index (χ2v) is 12.9. The topological polar surface area (TPSA) is 0 Å². The first-order chi connectivity index (χ1) is 17.4. The van der Waals surface area contributed by atoms with Crippen molar-refractivity contribution in [3.63, 3.8) is 0 Å². The van der Waals surface area contributed by atoms with Crippen LogP contribution in [0.25, 0.3) is 0 Å². The Balaban J connectivity index is 1.39. The van der Waals surface area contributed by atoms with E-state index in [9.17, 15) is 0 Å². The lowest BCUT2D eigenvalue weighted by Gasteiger charge is -2.21. The summed E-state index contributed by atoms with van der Waals surface area (Å²) in [5.41, 5.74) is 3.12. The van der Waals surface area contributed by atoms with Gasteiger partial charge in [0.2, 0.25) is 0 Å². The third kappa shape index (κ3) is 6.62. The Morgan fingerprint density at radius 2 is 0.714 bits per heavy atom. The van der Waals surface area contributed by atoms with E-state index >= 15 is 0 Å². The third-order valence-corrected chi connectivity index (χ3v) is 10.6. The quantitative estimate of drug-likeness (QED) is 0.317. The maximum absolute atomic E-state index is 2.45. The van der Waals surface area contributed by atoms with Gasteiger partial charge in [0.1, 0.15) is 0 Å². The van der Waals surface area contributed by atoms with Gasteiger partial charge in [-0.25, -0.2) is 0 Å². The lowest BCUT2D eigenvalue weighted by atomic mass is 9.86. The highest BCUT2D eigenvalue weighted by atomic mass is 32.2. The molecule has 0 unspecified atom stereocenters. The highest BCUT2D eigenvalue weighted by Crippen LogP contribution is 2.36. The van der Waals surface area contributed by atoms with Crippen LogP contribution in [0.3, 0.4) is 0 Å². The van der Waals surface area contributed by atoms with Crippen LogP contribution in [0.4, 0.5) is 0 Å². The molecule has 35 heavy (non-hydrogen) atoms. The molecular weight excluding hydrogens is 440 g/mol. The summed E-state index contributed by atoms with van der Waals surface area (Å²) in [6.45, 7) is 0. The lowest BCUT2D eigenvalue weighted by molar-refractivity contribution is 0.455. The number of hydrogen-bond acceptors (Lipinski definition) is 0. The Hall–Kier alpha value is -1.99. The van der Waals surface area contributed by atoms with Crippen LogP contribution >= 0.6 is 0 Å². The second-order valence-electron chi connectivity index (χ2n) is 10.8. The van der Waals surface area contributed by atoms with Gasteiger partial charge in [0.15, 0.2) is 14.7 Å². The van der Waals surface area contributed by atoms with Crippen molar-refractivity contribution in [1.29, 1.82) is 0 Å². The van der Waals surface area contributed by atoms with Gasteiger partial charge in [0.05, 0.1) is 10.9 Å². The maximum Gasteiger partial charge on any atom is 0.166 e. The van der Waals surface area contributed by atoms with Crippen molar-refractivity contribution >= 4 is 10.9 Å². The molecule has 0 amide bonds. The van der Waals surface area contributed by atoms with E-state index in [4.69, 9.17) is 0 Å². The Morgan fingerprint density at radius 3 is 1.11 bits per heavy atom. The highest BCUT2D eigenvalue weighted by molar-refractivity contribution is 7.97. The molecule has 0 bridgehead atoms. The molecule has 2 fully saturated rings. The van der Waals surface area contributed by atoms with E-state index in [2.05, 4.69) is 78.9 Å². The van der Waals surface area contributed by atoms with Gasteiger partial charge in [-0.2, -0.15) is 0 Å². The molecule has 3 aromatic carbocycles. The van der Waals surface area contributed by atoms with Gasteiger partial charge < -0.3 is 0 Å². The predicted octanol–water partition coefficient (Wildman–Crippen LogP) is 10.4. The second kappa shape index (κ2) is 12.8. The average molecular weight is 484 g/mol. The normalized spacial score (nSPS) is 19.0. The molecular formula is C34H43S+. The van der Waals surface area contributed by atoms with Crippen molar-refractivity contribution < 1.29 is 0 Å². The number of benzene rings is 3. The summed E-state index contributed by atoms with van der Waals surface area (Å²) in [6.07, 6.45) is 19.6. The van der Waals surface area contributed by atoms with Crippen LogP contribution < -0.4 is 0 Å². The van der Waals surface area contributed by atoms with Crippen molar-refractivity contribution in [2.24, 2.45) is 0 Å². The zero-order chi connectivity index (χ0) is 23.7. The first-order valence-electron chi connectivity index (χ1n) is 14.4. The fourth-order valence-corrected chi connectivity index (χ4v) is 8.36. The van der Waals surface area contributed by atoms with Crippen LogP contribution in [0, 0.1) is 0 Å². The van der Waals surface area contributed by atoms with E-state index in [0.29, 0.717) is 0 Å². The summed E-state index contributed by atoms with van der Waals surface area (Å²) in [4.78, 5) is 4.32. The van der Waals surface area contributed by atoms with Crippen molar-refractivity contribution in [3.05, 3.63) is 90.0 Å². The molecule has 1 heteroatoms. The van der Waals surface area contributed by atoms with Crippen LogP contribution in [-0.4, -0.2) is 0 Å². The van der Waals surface area contributed by atoms with E-state index < -0.39 is 0 Å². The molecule has 184 valence electrons. The molecule has 0 nitrogen and oxygen atoms in total. The molecule has 0 radical (unpaired) electrons. The summed E-state index contributed by atoms with van der Waals surface area (Å²) >= 11 is 0. The summed E-state index contributed by atoms with van der Waals surface area (Å²) in [7, 11) is -0.0534. The Morgan fingerprint density at radius 1 is 0.371 bits per heavy atom. The Kier molecular flexibility index (Phi) is 9.04. The van der Waals surface area contributed by atoms with Gasteiger partial charge in [-0.1, -0.05) is 107 Å². The van der Waals surface area contributed by atoms with Crippen LogP contribution in [-0.2, 0) is 10.9 Å². The molecule has 0 aliphatic heterocycles. The van der Waals surface area contributed by atoms with Gasteiger partial charge in [-0.3, -0.25) is 0 Å². The molecule has 2 aliphatic carbocycles. The summed E-state index contributed by atoms with van der Waals surface area (Å²) in [5.74, 6) is 1.51. The summed E-state index contributed by atoms with van der Waals surface area (Å²) in [6, 6.07) is 30.7. The number of rotatable bonds is 5. The first kappa shape index (κ1) is 24.7. The maximum atomic E-state index is 2.45. The molecule has 3 aromatic rings. The van der Waals surface area contributed by atoms with Crippen molar-refractivity contribution in [3.8, 4) is 0 Å². The van der Waals surface area contributed by atoms with E-state index in [0.717, 1.165) is 11.8 Å². The fourth-order valence-electron chi connectivity index (χ4n) is 6.30. The minimum Gasteiger partial charge on any atom is -0.0619 e. The standard InChI is InChI=1S/C34H43S/c1-3-8-14-28(15-9-4-1)30-20-24-33(25-21-30)35(32-18-12-7-13-19-32)34-26-22-31(23-27-34)29-16-10-5-2-6-11-17-29/h7,12-13,18-29H,1-6,8-11,14-17H2/q+1. The van der Waals surface area contributed by atoms with Crippen LogP contribution in [0.2, 0.25) is 0 Å². The van der Waals surface area contributed by atoms with Gasteiger partial charge in [-0.05, 0) is 85.0 Å². The van der Waals surface area contributed by atoms with Crippen LogP contribution in [0.1, 0.15) is 113 Å². The first-order valence-corrected chi connectivity index (χ1v) is 15.6. The largest absolute Gasteiger partial charge is 0.166 e. The van der Waals surface area contributed by atoms with Crippen molar-refractivity contribution in [1.82, 2.24) is 0 Å². The smallest absolute Gasteiger partial charge is 0.0619 e. The van der Waals surface area contributed by atoms with Crippen LogP contribution in [0.15, 0.2) is 93.5 Å². The predicted molar refractivity (Wildman–Crippen MR) is 152 cm³/mol. The SMILES string of the molecule is c1ccc([S+](c2ccc(C3CCCCCCC3)cc2)c2ccc(C3CCCCCCC3)cc2)cc1. The average Bonchev–Trinajstić information content (AvgIpc) is 2.86. The summed E-state index contributed by atoms with van der Waals surface area (Å²) in [5, 5.41) is 0. The molecule has 0 N–H and O–H groups in total. The lowest BCUT2D eigenvalue weighted by Crippen LogP contribution is -2.07. The van der Waals surface area contributed by atoms with E-state index in [1.807, 2.05) is 0 Å². The monoisotopic (exact) mass is 483 g/mol. The van der Waals surface area contributed by atoms with Gasteiger partial charge >= 0.3 is 0 Å². The fraction of sp³-hybridized carbons (Fsp3) is 0.471. The third-order valence-electron chi connectivity index (χ3n) is 8.36. The van der Waals surface area contributed by atoms with Gasteiger partial charge in [-0.15, -0.1) is 0 Å². The molecule has 5 rings (SSSR count). The molecule has 0 spiro atoms. The van der Waals surface area contributed by atoms with Crippen molar-refractivity contribution in [2.75, 3.05) is 0 Å². The van der Waals surface area contributed by atoms with Crippen molar-refractivity contribution in [2.45, 2.75) is 116 Å². The zero-order valence-corrected chi connectivity index (χ0v) is 22.3. The molecule has 0 atom stereocenters. The number of hydrogen-bond donors (Lipinski definition) is 0.